The van der Waals surface area contributed by atoms with Crippen LogP contribution < -0.4 is 10.2 Å². The molecule has 0 aromatic heterocycles. The average Bonchev–Trinajstić information content (AvgIpc) is 2.31. The van der Waals surface area contributed by atoms with Crippen molar-refractivity contribution in [3.8, 4) is 0 Å². The third-order valence-electron chi connectivity index (χ3n) is 3.24. The van der Waals surface area contributed by atoms with E-state index in [-0.39, 0.29) is 5.82 Å². The van der Waals surface area contributed by atoms with Crippen molar-refractivity contribution in [3.05, 3.63) is 29.6 Å². The quantitative estimate of drug-likeness (QED) is 0.855. The lowest BCUT2D eigenvalue weighted by Crippen LogP contribution is -2.44. The number of nitrogens with zero attached hydrogens (tertiary/aromatic N) is 2. The molecule has 0 unspecified atom stereocenters. The van der Waals surface area contributed by atoms with Gasteiger partial charge in [0.2, 0.25) is 0 Å². The van der Waals surface area contributed by atoms with Crippen LogP contribution in [0.3, 0.4) is 0 Å². The highest BCUT2D eigenvalue weighted by Gasteiger charge is 2.17. The maximum absolute atomic E-state index is 14.0. The van der Waals surface area contributed by atoms with Crippen molar-refractivity contribution in [3.63, 3.8) is 0 Å². The molecule has 1 aromatic carbocycles. The van der Waals surface area contributed by atoms with Gasteiger partial charge < -0.3 is 15.1 Å². The molecule has 1 saturated heterocycles. The second kappa shape index (κ2) is 5.47. The van der Waals surface area contributed by atoms with Gasteiger partial charge in [-0.1, -0.05) is 6.07 Å². The highest BCUT2D eigenvalue weighted by Crippen LogP contribution is 2.21. The molecule has 1 aliphatic rings. The Morgan fingerprint density at radius 3 is 2.53 bits per heavy atom. The van der Waals surface area contributed by atoms with Gasteiger partial charge in [-0.05, 0) is 31.8 Å². The van der Waals surface area contributed by atoms with Gasteiger partial charge in [-0.15, -0.1) is 0 Å². The van der Waals surface area contributed by atoms with Gasteiger partial charge in [0.25, 0.3) is 0 Å². The summed E-state index contributed by atoms with van der Waals surface area (Å²) in [5.74, 6) is -0.109. The minimum Gasteiger partial charge on any atom is -0.367 e. The van der Waals surface area contributed by atoms with Crippen molar-refractivity contribution < 1.29 is 4.39 Å². The number of likely N-dealkylation sites (N-methyl/N-ethyl adjacent to an activating group) is 1. The van der Waals surface area contributed by atoms with Gasteiger partial charge in [0.05, 0.1) is 5.69 Å². The molecule has 4 heteroatoms. The Morgan fingerprint density at radius 2 is 1.94 bits per heavy atom. The van der Waals surface area contributed by atoms with Crippen LogP contribution >= 0.6 is 0 Å². The van der Waals surface area contributed by atoms with Crippen molar-refractivity contribution in [1.82, 2.24) is 10.2 Å². The molecule has 0 amide bonds. The number of hydrogen-bond acceptors (Lipinski definition) is 3. The summed E-state index contributed by atoms with van der Waals surface area (Å²) < 4.78 is 14.0. The molecule has 1 fully saturated rings. The topological polar surface area (TPSA) is 18.5 Å². The van der Waals surface area contributed by atoms with Crippen molar-refractivity contribution >= 4 is 5.69 Å². The SMILES string of the molecule is CNCc1ccc(N2CCN(C)CC2)c(F)c1. The van der Waals surface area contributed by atoms with E-state index in [1.165, 1.54) is 0 Å². The van der Waals surface area contributed by atoms with E-state index in [9.17, 15) is 4.39 Å². The summed E-state index contributed by atoms with van der Waals surface area (Å²) in [6, 6.07) is 5.52. The van der Waals surface area contributed by atoms with Gasteiger partial charge in [-0.2, -0.15) is 0 Å². The molecule has 0 radical (unpaired) electrons. The zero-order valence-electron chi connectivity index (χ0n) is 10.5. The van der Waals surface area contributed by atoms with Gasteiger partial charge in [0, 0.05) is 32.7 Å². The first-order valence-electron chi connectivity index (χ1n) is 6.07. The first-order chi connectivity index (χ1) is 8.20. The molecule has 0 atom stereocenters. The molecule has 1 aliphatic heterocycles. The highest BCUT2D eigenvalue weighted by atomic mass is 19.1. The smallest absolute Gasteiger partial charge is 0.146 e. The van der Waals surface area contributed by atoms with Crippen LogP contribution in [0.2, 0.25) is 0 Å². The fraction of sp³-hybridized carbons (Fsp3) is 0.538. The van der Waals surface area contributed by atoms with Crippen LogP contribution in [0.25, 0.3) is 0 Å². The molecule has 0 bridgehead atoms. The maximum Gasteiger partial charge on any atom is 0.146 e. The predicted octanol–water partition coefficient (Wildman–Crippen LogP) is 1.30. The number of halogens is 1. The third kappa shape index (κ3) is 2.96. The second-order valence-corrected chi connectivity index (χ2v) is 4.61. The Labute approximate surface area is 102 Å². The molecule has 1 N–H and O–H groups in total. The number of rotatable bonds is 3. The van der Waals surface area contributed by atoms with Crippen LogP contribution in [0.4, 0.5) is 10.1 Å². The molecule has 0 spiro atoms. The first-order valence-corrected chi connectivity index (χ1v) is 6.07. The molecule has 0 aliphatic carbocycles. The summed E-state index contributed by atoms with van der Waals surface area (Å²) in [6.07, 6.45) is 0. The molecule has 1 aromatic rings. The molecular formula is C13H20FN3. The predicted molar refractivity (Wildman–Crippen MR) is 68.9 cm³/mol. The van der Waals surface area contributed by atoms with Gasteiger partial charge in [-0.25, -0.2) is 4.39 Å². The van der Waals surface area contributed by atoms with Crippen molar-refractivity contribution in [1.29, 1.82) is 0 Å². The van der Waals surface area contributed by atoms with Crippen molar-refractivity contribution in [2.75, 3.05) is 45.2 Å². The van der Waals surface area contributed by atoms with E-state index < -0.39 is 0 Å². The summed E-state index contributed by atoms with van der Waals surface area (Å²) >= 11 is 0. The zero-order valence-corrected chi connectivity index (χ0v) is 10.5. The Hall–Kier alpha value is -1.13. The molecule has 2 rings (SSSR count). The summed E-state index contributed by atoms with van der Waals surface area (Å²) in [7, 11) is 3.97. The van der Waals surface area contributed by atoms with E-state index in [0.717, 1.165) is 37.4 Å². The Bertz CT molecular complexity index is 373. The summed E-state index contributed by atoms with van der Waals surface area (Å²) in [5.41, 5.74) is 1.72. The molecular weight excluding hydrogens is 217 g/mol. The van der Waals surface area contributed by atoms with Gasteiger partial charge >= 0.3 is 0 Å². The third-order valence-corrected chi connectivity index (χ3v) is 3.24. The van der Waals surface area contributed by atoms with Gasteiger partial charge in [0.1, 0.15) is 5.82 Å². The van der Waals surface area contributed by atoms with Crippen LogP contribution in [-0.4, -0.2) is 45.2 Å². The van der Waals surface area contributed by atoms with Crippen LogP contribution in [0, 0.1) is 5.82 Å². The number of anilines is 1. The molecule has 17 heavy (non-hydrogen) atoms. The maximum atomic E-state index is 14.0. The highest BCUT2D eigenvalue weighted by molar-refractivity contribution is 5.49. The van der Waals surface area contributed by atoms with E-state index in [1.807, 2.05) is 19.2 Å². The second-order valence-electron chi connectivity index (χ2n) is 4.61. The van der Waals surface area contributed by atoms with E-state index in [1.54, 1.807) is 6.07 Å². The van der Waals surface area contributed by atoms with Crippen LogP contribution in [-0.2, 0) is 6.54 Å². The molecule has 1 heterocycles. The van der Waals surface area contributed by atoms with E-state index in [0.29, 0.717) is 6.54 Å². The Balaban J connectivity index is 2.10. The Morgan fingerprint density at radius 1 is 1.24 bits per heavy atom. The van der Waals surface area contributed by atoms with Crippen molar-refractivity contribution in [2.24, 2.45) is 0 Å². The zero-order chi connectivity index (χ0) is 12.3. The lowest BCUT2D eigenvalue weighted by atomic mass is 10.1. The summed E-state index contributed by atoms with van der Waals surface area (Å²) in [5, 5.41) is 3.03. The fourth-order valence-electron chi connectivity index (χ4n) is 2.17. The fourth-order valence-corrected chi connectivity index (χ4v) is 2.17. The Kier molecular flexibility index (Phi) is 3.97. The van der Waals surface area contributed by atoms with Crippen molar-refractivity contribution in [2.45, 2.75) is 6.54 Å². The summed E-state index contributed by atoms with van der Waals surface area (Å²) in [6.45, 7) is 4.51. The minimum atomic E-state index is -0.109. The van der Waals surface area contributed by atoms with Crippen LogP contribution in [0.15, 0.2) is 18.2 Å². The van der Waals surface area contributed by atoms with Gasteiger partial charge in [0.15, 0.2) is 0 Å². The van der Waals surface area contributed by atoms with Crippen LogP contribution in [0.5, 0.6) is 0 Å². The summed E-state index contributed by atoms with van der Waals surface area (Å²) in [4.78, 5) is 4.39. The molecule has 0 saturated carbocycles. The lowest BCUT2D eigenvalue weighted by Gasteiger charge is -2.34. The monoisotopic (exact) mass is 237 g/mol. The van der Waals surface area contributed by atoms with E-state index in [2.05, 4.69) is 22.2 Å². The normalized spacial score (nSPS) is 17.5. The number of benzene rings is 1. The van der Waals surface area contributed by atoms with Gasteiger partial charge in [-0.3, -0.25) is 0 Å². The number of nitrogens with one attached hydrogen (secondary N) is 1. The average molecular weight is 237 g/mol. The minimum absolute atomic E-state index is 0.109. The number of hydrogen-bond donors (Lipinski definition) is 1. The van der Waals surface area contributed by atoms with E-state index in [4.69, 9.17) is 0 Å². The number of piperazine rings is 1. The van der Waals surface area contributed by atoms with Crippen LogP contribution in [0.1, 0.15) is 5.56 Å². The molecule has 94 valence electrons. The standard InChI is InChI=1S/C13H20FN3/c1-15-10-11-3-4-13(12(14)9-11)17-7-5-16(2)6-8-17/h3-4,9,15H,5-8,10H2,1-2H3. The first kappa shape index (κ1) is 12.3. The van der Waals surface area contributed by atoms with E-state index >= 15 is 0 Å². The largest absolute Gasteiger partial charge is 0.367 e. The lowest BCUT2D eigenvalue weighted by molar-refractivity contribution is 0.311. The molecule has 3 nitrogen and oxygen atoms in total.